The predicted molar refractivity (Wildman–Crippen MR) is 59.5 cm³/mol. The molecule has 2 unspecified atom stereocenters. The lowest BCUT2D eigenvalue weighted by Gasteiger charge is -2.18. The molecule has 1 aliphatic heterocycles. The van der Waals surface area contributed by atoms with Crippen molar-refractivity contribution < 1.29 is 15.0 Å². The van der Waals surface area contributed by atoms with Gasteiger partial charge in [-0.25, -0.2) is 0 Å². The topological polar surface area (TPSA) is 69.6 Å². The van der Waals surface area contributed by atoms with Crippen LogP contribution in [0.15, 0.2) is 24.3 Å². The normalized spacial score (nSPS) is 29.2. The van der Waals surface area contributed by atoms with Crippen LogP contribution in [0, 0.1) is 0 Å². The minimum absolute atomic E-state index is 0.146. The predicted octanol–water partition coefficient (Wildman–Crippen LogP) is 1.31. The standard InChI is InChI=1S/C12H15NO3/c1-12(11(15)16)6-9(7-13-12)8-3-2-4-10(14)5-8/h2-5,9,13-14H,6-7H2,1H3,(H,15,16). The van der Waals surface area contributed by atoms with Crippen molar-refractivity contribution in [1.29, 1.82) is 0 Å². The van der Waals surface area contributed by atoms with Gasteiger partial charge in [0.1, 0.15) is 11.3 Å². The Morgan fingerprint density at radius 3 is 2.88 bits per heavy atom. The maximum absolute atomic E-state index is 11.1. The van der Waals surface area contributed by atoms with Gasteiger partial charge in [-0.2, -0.15) is 0 Å². The maximum Gasteiger partial charge on any atom is 0.323 e. The van der Waals surface area contributed by atoms with E-state index in [1.165, 1.54) is 0 Å². The summed E-state index contributed by atoms with van der Waals surface area (Å²) < 4.78 is 0. The highest BCUT2D eigenvalue weighted by Crippen LogP contribution is 2.33. The summed E-state index contributed by atoms with van der Waals surface area (Å²) >= 11 is 0. The second-order valence-electron chi connectivity index (χ2n) is 4.51. The Balaban J connectivity index is 2.18. The van der Waals surface area contributed by atoms with Gasteiger partial charge in [0.05, 0.1) is 0 Å². The Kier molecular flexibility index (Phi) is 2.59. The molecule has 2 rings (SSSR count). The van der Waals surface area contributed by atoms with Gasteiger partial charge < -0.3 is 15.5 Å². The number of carboxylic acids is 1. The van der Waals surface area contributed by atoms with E-state index in [-0.39, 0.29) is 11.7 Å². The Hall–Kier alpha value is -1.55. The second-order valence-corrected chi connectivity index (χ2v) is 4.51. The first-order valence-corrected chi connectivity index (χ1v) is 5.28. The molecule has 16 heavy (non-hydrogen) atoms. The SMILES string of the molecule is CC1(C(=O)O)CC(c2cccc(O)c2)CN1. The summed E-state index contributed by atoms with van der Waals surface area (Å²) in [6, 6.07) is 7.00. The summed E-state index contributed by atoms with van der Waals surface area (Å²) in [5.41, 5.74) is 0.133. The number of aliphatic carboxylic acids is 1. The Bertz CT molecular complexity index is 418. The highest BCUT2D eigenvalue weighted by Gasteiger charge is 2.41. The van der Waals surface area contributed by atoms with Crippen molar-refractivity contribution in [3.63, 3.8) is 0 Å². The molecule has 1 aromatic carbocycles. The first kappa shape index (κ1) is 11.0. The monoisotopic (exact) mass is 221 g/mol. The first-order chi connectivity index (χ1) is 7.51. The van der Waals surface area contributed by atoms with Crippen molar-refractivity contribution in [3.8, 4) is 5.75 Å². The van der Waals surface area contributed by atoms with Crippen molar-refractivity contribution >= 4 is 5.97 Å². The minimum Gasteiger partial charge on any atom is -0.508 e. The van der Waals surface area contributed by atoms with Crippen LogP contribution in [-0.2, 0) is 4.79 Å². The van der Waals surface area contributed by atoms with E-state index in [0.717, 1.165) is 5.56 Å². The van der Waals surface area contributed by atoms with E-state index >= 15 is 0 Å². The van der Waals surface area contributed by atoms with E-state index in [1.54, 1.807) is 25.1 Å². The molecule has 1 fully saturated rings. The van der Waals surface area contributed by atoms with Crippen LogP contribution in [0.1, 0.15) is 24.8 Å². The molecule has 1 aliphatic rings. The molecular weight excluding hydrogens is 206 g/mol. The first-order valence-electron chi connectivity index (χ1n) is 5.28. The van der Waals surface area contributed by atoms with Gasteiger partial charge >= 0.3 is 5.97 Å². The van der Waals surface area contributed by atoms with Gasteiger partial charge in [-0.3, -0.25) is 4.79 Å². The zero-order valence-corrected chi connectivity index (χ0v) is 9.10. The lowest BCUT2D eigenvalue weighted by atomic mass is 9.90. The number of hydrogen-bond donors (Lipinski definition) is 3. The molecule has 0 spiro atoms. The number of phenols is 1. The zero-order chi connectivity index (χ0) is 11.8. The number of carbonyl (C=O) groups is 1. The molecule has 4 heteroatoms. The lowest BCUT2D eigenvalue weighted by molar-refractivity contribution is -0.143. The van der Waals surface area contributed by atoms with Crippen molar-refractivity contribution in [2.75, 3.05) is 6.54 Å². The molecule has 3 N–H and O–H groups in total. The fraction of sp³-hybridized carbons (Fsp3) is 0.417. The second kappa shape index (κ2) is 3.79. The molecule has 0 aliphatic carbocycles. The largest absolute Gasteiger partial charge is 0.508 e. The summed E-state index contributed by atoms with van der Waals surface area (Å²) in [5, 5.41) is 21.5. The molecule has 4 nitrogen and oxygen atoms in total. The number of rotatable bonds is 2. The van der Waals surface area contributed by atoms with Crippen LogP contribution in [0.2, 0.25) is 0 Å². The van der Waals surface area contributed by atoms with Crippen LogP contribution < -0.4 is 5.32 Å². The molecule has 2 atom stereocenters. The smallest absolute Gasteiger partial charge is 0.323 e. The highest BCUT2D eigenvalue weighted by atomic mass is 16.4. The quantitative estimate of drug-likeness (QED) is 0.704. The Morgan fingerprint density at radius 2 is 2.31 bits per heavy atom. The van der Waals surface area contributed by atoms with E-state index < -0.39 is 11.5 Å². The number of carboxylic acid groups (broad SMARTS) is 1. The van der Waals surface area contributed by atoms with Gasteiger partial charge in [-0.05, 0) is 37.0 Å². The fourth-order valence-electron chi connectivity index (χ4n) is 2.16. The van der Waals surface area contributed by atoms with Crippen LogP contribution in [0.5, 0.6) is 5.75 Å². The Morgan fingerprint density at radius 1 is 1.56 bits per heavy atom. The van der Waals surface area contributed by atoms with Crippen LogP contribution in [0.3, 0.4) is 0 Å². The fourth-order valence-corrected chi connectivity index (χ4v) is 2.16. The van der Waals surface area contributed by atoms with E-state index in [9.17, 15) is 9.90 Å². The van der Waals surface area contributed by atoms with Crippen molar-refractivity contribution in [2.24, 2.45) is 0 Å². The average Bonchev–Trinajstić information content (AvgIpc) is 2.62. The van der Waals surface area contributed by atoms with Crippen molar-refractivity contribution in [2.45, 2.75) is 24.8 Å². The van der Waals surface area contributed by atoms with Crippen LogP contribution in [-0.4, -0.2) is 28.3 Å². The number of benzene rings is 1. The van der Waals surface area contributed by atoms with Crippen LogP contribution in [0.25, 0.3) is 0 Å². The molecular formula is C12H15NO3. The maximum atomic E-state index is 11.1. The molecule has 1 saturated heterocycles. The summed E-state index contributed by atoms with van der Waals surface area (Å²) in [4.78, 5) is 11.1. The summed E-state index contributed by atoms with van der Waals surface area (Å²) in [7, 11) is 0. The van der Waals surface area contributed by atoms with E-state index in [1.807, 2.05) is 6.07 Å². The number of hydrogen-bond acceptors (Lipinski definition) is 3. The molecule has 0 radical (unpaired) electrons. The van der Waals surface area contributed by atoms with E-state index in [4.69, 9.17) is 5.11 Å². The average molecular weight is 221 g/mol. The third-order valence-electron chi connectivity index (χ3n) is 3.21. The number of nitrogens with one attached hydrogen (secondary N) is 1. The summed E-state index contributed by atoms with van der Waals surface area (Å²) in [6.45, 7) is 2.32. The van der Waals surface area contributed by atoms with Gasteiger partial charge in [0.25, 0.3) is 0 Å². The van der Waals surface area contributed by atoms with E-state index in [2.05, 4.69) is 5.32 Å². The third-order valence-corrected chi connectivity index (χ3v) is 3.21. The Labute approximate surface area is 93.9 Å². The van der Waals surface area contributed by atoms with Gasteiger partial charge in [0.2, 0.25) is 0 Å². The van der Waals surface area contributed by atoms with Gasteiger partial charge in [0, 0.05) is 6.54 Å². The van der Waals surface area contributed by atoms with Crippen LogP contribution >= 0.6 is 0 Å². The van der Waals surface area contributed by atoms with E-state index in [0.29, 0.717) is 13.0 Å². The van der Waals surface area contributed by atoms with Gasteiger partial charge in [-0.1, -0.05) is 12.1 Å². The zero-order valence-electron chi connectivity index (χ0n) is 9.10. The molecule has 86 valence electrons. The third kappa shape index (κ3) is 1.88. The highest BCUT2D eigenvalue weighted by molar-refractivity contribution is 5.79. The van der Waals surface area contributed by atoms with Crippen molar-refractivity contribution in [3.05, 3.63) is 29.8 Å². The van der Waals surface area contributed by atoms with Gasteiger partial charge in [-0.15, -0.1) is 0 Å². The molecule has 0 bridgehead atoms. The number of phenolic OH excluding ortho intramolecular Hbond substituents is 1. The molecule has 1 heterocycles. The molecule has 0 amide bonds. The van der Waals surface area contributed by atoms with Crippen molar-refractivity contribution in [1.82, 2.24) is 5.32 Å². The molecule has 0 saturated carbocycles. The number of aromatic hydroxyl groups is 1. The summed E-state index contributed by atoms with van der Waals surface area (Å²) in [6.07, 6.45) is 0.547. The lowest BCUT2D eigenvalue weighted by Crippen LogP contribution is -2.44. The van der Waals surface area contributed by atoms with Gasteiger partial charge in [0.15, 0.2) is 0 Å². The molecule has 1 aromatic rings. The summed E-state index contributed by atoms with van der Waals surface area (Å²) in [5.74, 6) is -0.454. The molecule has 0 aromatic heterocycles. The van der Waals surface area contributed by atoms with Crippen LogP contribution in [0.4, 0.5) is 0 Å². The minimum atomic E-state index is -0.851.